The van der Waals surface area contributed by atoms with E-state index in [1.807, 2.05) is 0 Å². The maximum atomic E-state index is 12.3. The molecule has 0 saturated carbocycles. The Morgan fingerprint density at radius 2 is 2.33 bits per heavy atom. The van der Waals surface area contributed by atoms with Gasteiger partial charge < -0.3 is 0 Å². The minimum absolute atomic E-state index is 0.201. The summed E-state index contributed by atoms with van der Waals surface area (Å²) in [6.07, 6.45) is 3.99. The second-order valence-corrected chi connectivity index (χ2v) is 4.05. The number of likely N-dealkylation sites (tertiary alicyclic amines) is 1. The van der Waals surface area contributed by atoms with Gasteiger partial charge in [-0.05, 0) is 32.4 Å². The van der Waals surface area contributed by atoms with Crippen LogP contribution >= 0.6 is 0 Å². The van der Waals surface area contributed by atoms with Crippen LogP contribution in [0.2, 0.25) is 0 Å². The zero-order chi connectivity index (χ0) is 9.19. The molecule has 1 aliphatic heterocycles. The van der Waals surface area contributed by atoms with Gasteiger partial charge in [-0.3, -0.25) is 4.90 Å². The zero-order valence-electron chi connectivity index (χ0n) is 8.23. The fourth-order valence-electron chi connectivity index (χ4n) is 2.07. The molecule has 0 bridgehead atoms. The molecule has 0 spiro atoms. The topological polar surface area (TPSA) is 3.24 Å². The lowest BCUT2D eigenvalue weighted by molar-refractivity contribution is 0.181. The van der Waals surface area contributed by atoms with E-state index in [1.54, 1.807) is 0 Å². The number of hydrogen-bond donors (Lipinski definition) is 0. The number of hydrogen-bond acceptors (Lipinski definition) is 1. The Balaban J connectivity index is 2.67. The number of halogens is 1. The Kier molecular flexibility index (Phi) is 2.89. The highest BCUT2D eigenvalue weighted by Crippen LogP contribution is 2.34. The summed E-state index contributed by atoms with van der Waals surface area (Å²) >= 11 is 0. The summed E-state index contributed by atoms with van der Waals surface area (Å²) in [4.78, 5) is 2.25. The van der Waals surface area contributed by atoms with Crippen molar-refractivity contribution in [3.05, 3.63) is 11.9 Å². The largest absolute Gasteiger partial charge is 0.297 e. The molecule has 1 aliphatic rings. The molecule has 0 unspecified atom stereocenters. The first-order valence-corrected chi connectivity index (χ1v) is 4.62. The second kappa shape index (κ2) is 3.56. The summed E-state index contributed by atoms with van der Waals surface area (Å²) in [5, 5.41) is 0. The Labute approximate surface area is 74.3 Å². The van der Waals surface area contributed by atoms with Crippen LogP contribution in [0, 0.1) is 0 Å². The van der Waals surface area contributed by atoms with Crippen LogP contribution in [-0.2, 0) is 0 Å². The quantitative estimate of drug-likeness (QED) is 0.617. The Morgan fingerprint density at radius 3 is 2.75 bits per heavy atom. The van der Waals surface area contributed by atoms with Crippen molar-refractivity contribution in [3.63, 3.8) is 0 Å². The highest BCUT2D eigenvalue weighted by molar-refractivity contribution is 5.14. The predicted molar refractivity (Wildman–Crippen MR) is 49.8 cm³/mol. The second-order valence-electron chi connectivity index (χ2n) is 4.05. The van der Waals surface area contributed by atoms with Crippen molar-refractivity contribution in [2.45, 2.75) is 38.6 Å². The van der Waals surface area contributed by atoms with Crippen LogP contribution in [0.5, 0.6) is 0 Å². The molecule has 0 aromatic heterocycles. The molecule has 1 saturated heterocycles. The van der Waals surface area contributed by atoms with Crippen molar-refractivity contribution in [1.29, 1.82) is 0 Å². The van der Waals surface area contributed by atoms with E-state index >= 15 is 0 Å². The van der Waals surface area contributed by atoms with E-state index in [1.165, 1.54) is 6.42 Å². The van der Waals surface area contributed by atoms with Gasteiger partial charge in [0, 0.05) is 12.1 Å². The molecule has 0 aliphatic carbocycles. The average molecular weight is 171 g/mol. The summed E-state index contributed by atoms with van der Waals surface area (Å²) in [7, 11) is 2.08. The first-order chi connectivity index (χ1) is 5.62. The summed E-state index contributed by atoms with van der Waals surface area (Å²) in [5.74, 6) is 0. The molecule has 1 atom stereocenters. The van der Waals surface area contributed by atoms with Crippen LogP contribution in [0.1, 0.15) is 33.1 Å². The third-order valence-electron chi connectivity index (χ3n) is 2.91. The monoisotopic (exact) mass is 171 g/mol. The van der Waals surface area contributed by atoms with Crippen LogP contribution in [0.4, 0.5) is 4.39 Å². The third-order valence-corrected chi connectivity index (χ3v) is 2.91. The summed E-state index contributed by atoms with van der Waals surface area (Å²) < 4.78 is 12.3. The highest BCUT2D eigenvalue weighted by Gasteiger charge is 2.35. The molecule has 1 heterocycles. The number of likely N-dealkylation sites (N-methyl/N-ethyl adjacent to an activating group) is 1. The van der Waals surface area contributed by atoms with Gasteiger partial charge in [0.25, 0.3) is 0 Å². The first kappa shape index (κ1) is 9.72. The average Bonchev–Trinajstić information content (AvgIpc) is 2.29. The van der Waals surface area contributed by atoms with Gasteiger partial charge in [0.2, 0.25) is 0 Å². The van der Waals surface area contributed by atoms with E-state index in [-0.39, 0.29) is 5.54 Å². The van der Waals surface area contributed by atoms with Crippen molar-refractivity contribution in [2.24, 2.45) is 0 Å². The van der Waals surface area contributed by atoms with Crippen molar-refractivity contribution in [1.82, 2.24) is 4.90 Å². The smallest absolute Gasteiger partial charge is 0.0872 e. The van der Waals surface area contributed by atoms with E-state index in [0.717, 1.165) is 31.3 Å². The molecule has 1 rings (SSSR count). The molecule has 1 nitrogen and oxygen atoms in total. The van der Waals surface area contributed by atoms with E-state index in [0.29, 0.717) is 0 Å². The molecule has 0 aromatic rings. The molecule has 70 valence electrons. The van der Waals surface area contributed by atoms with Gasteiger partial charge in [0.15, 0.2) is 0 Å². The maximum absolute atomic E-state index is 12.3. The van der Waals surface area contributed by atoms with E-state index < -0.39 is 0 Å². The van der Waals surface area contributed by atoms with Gasteiger partial charge in [-0.25, -0.2) is 4.39 Å². The van der Waals surface area contributed by atoms with Gasteiger partial charge in [-0.15, -0.1) is 0 Å². The minimum Gasteiger partial charge on any atom is -0.297 e. The SMILES string of the molecule is CCC[C@@]1(C)C/C(=C/F)CN1C. The maximum Gasteiger partial charge on any atom is 0.0872 e. The van der Waals surface area contributed by atoms with Crippen LogP contribution in [0.25, 0.3) is 0 Å². The summed E-state index contributed by atoms with van der Waals surface area (Å²) in [5.41, 5.74) is 1.14. The molecule has 1 fully saturated rings. The van der Waals surface area contributed by atoms with Crippen molar-refractivity contribution in [2.75, 3.05) is 13.6 Å². The zero-order valence-corrected chi connectivity index (χ0v) is 8.23. The number of rotatable bonds is 2. The highest BCUT2D eigenvalue weighted by atomic mass is 19.1. The third kappa shape index (κ3) is 1.69. The molecule has 0 amide bonds. The lowest BCUT2D eigenvalue weighted by Gasteiger charge is -2.31. The van der Waals surface area contributed by atoms with Crippen molar-refractivity contribution >= 4 is 0 Å². The molecule has 2 heteroatoms. The fourth-order valence-corrected chi connectivity index (χ4v) is 2.07. The van der Waals surface area contributed by atoms with E-state index in [9.17, 15) is 4.39 Å². The number of nitrogens with zero attached hydrogens (tertiary/aromatic N) is 1. The van der Waals surface area contributed by atoms with Crippen molar-refractivity contribution < 1.29 is 4.39 Å². The van der Waals surface area contributed by atoms with E-state index in [2.05, 4.69) is 25.8 Å². The lowest BCUT2D eigenvalue weighted by Crippen LogP contribution is -2.37. The van der Waals surface area contributed by atoms with Gasteiger partial charge in [-0.1, -0.05) is 13.3 Å². The van der Waals surface area contributed by atoms with Crippen LogP contribution in [0.15, 0.2) is 11.9 Å². The molecule has 12 heavy (non-hydrogen) atoms. The Hall–Kier alpha value is -0.370. The standard InChI is InChI=1S/C10H18FN/c1-4-5-10(2)6-9(7-11)8-12(10)3/h7H,4-6,8H2,1-3H3/b9-7-/t10-/m0/s1. The fraction of sp³-hybridized carbons (Fsp3) is 0.800. The molecule has 0 N–H and O–H groups in total. The van der Waals surface area contributed by atoms with Crippen LogP contribution in [0.3, 0.4) is 0 Å². The molecule has 0 radical (unpaired) electrons. The van der Waals surface area contributed by atoms with Gasteiger partial charge in [0.1, 0.15) is 0 Å². The first-order valence-electron chi connectivity index (χ1n) is 4.62. The van der Waals surface area contributed by atoms with Gasteiger partial charge >= 0.3 is 0 Å². The predicted octanol–water partition coefficient (Wildman–Crippen LogP) is 2.73. The normalized spacial score (nSPS) is 34.8. The Morgan fingerprint density at radius 1 is 1.67 bits per heavy atom. The van der Waals surface area contributed by atoms with E-state index in [4.69, 9.17) is 0 Å². The Bertz CT molecular complexity index is 188. The minimum atomic E-state index is 0.201. The van der Waals surface area contributed by atoms with Gasteiger partial charge in [-0.2, -0.15) is 0 Å². The molecule has 0 aromatic carbocycles. The van der Waals surface area contributed by atoms with Crippen LogP contribution < -0.4 is 0 Å². The van der Waals surface area contributed by atoms with Crippen LogP contribution in [-0.4, -0.2) is 24.0 Å². The van der Waals surface area contributed by atoms with Crippen molar-refractivity contribution in [3.8, 4) is 0 Å². The summed E-state index contributed by atoms with van der Waals surface area (Å²) in [6, 6.07) is 0. The van der Waals surface area contributed by atoms with Gasteiger partial charge in [0.05, 0.1) is 6.33 Å². The molecular weight excluding hydrogens is 153 g/mol. The molecular formula is C10H18FN. The lowest BCUT2D eigenvalue weighted by atomic mass is 9.92. The summed E-state index contributed by atoms with van der Waals surface area (Å²) in [6.45, 7) is 5.19.